The van der Waals surface area contributed by atoms with Gasteiger partial charge >= 0.3 is 5.97 Å². The first kappa shape index (κ1) is 15.1. The van der Waals surface area contributed by atoms with Crippen molar-refractivity contribution in [2.75, 3.05) is 13.7 Å². The van der Waals surface area contributed by atoms with Gasteiger partial charge in [-0.25, -0.2) is 14.8 Å². The first-order chi connectivity index (χ1) is 10.1. The Hall–Kier alpha value is -2.34. The molecule has 2 aromatic rings. The Morgan fingerprint density at radius 3 is 2.71 bits per heavy atom. The van der Waals surface area contributed by atoms with Crippen LogP contribution >= 0.6 is 11.6 Å². The fourth-order valence-corrected chi connectivity index (χ4v) is 1.84. The van der Waals surface area contributed by atoms with Crippen LogP contribution in [0.25, 0.3) is 0 Å². The lowest BCUT2D eigenvalue weighted by molar-refractivity contribution is 0.0690. The molecule has 0 spiro atoms. The van der Waals surface area contributed by atoms with Gasteiger partial charge in [-0.1, -0.05) is 23.7 Å². The Morgan fingerprint density at radius 1 is 1.33 bits per heavy atom. The molecule has 0 bridgehead atoms. The van der Waals surface area contributed by atoms with Crippen molar-refractivity contribution in [1.29, 1.82) is 0 Å². The molecule has 110 valence electrons. The lowest BCUT2D eigenvalue weighted by Gasteiger charge is -2.09. The molecule has 1 aromatic carbocycles. The Morgan fingerprint density at radius 2 is 2.05 bits per heavy atom. The molecule has 1 aromatic heterocycles. The topological polar surface area (TPSA) is 81.5 Å². The first-order valence-electron chi connectivity index (χ1n) is 6.12. The highest BCUT2D eigenvalue weighted by Gasteiger charge is 2.12. The number of carbonyl (C=O) groups is 1. The van der Waals surface area contributed by atoms with Crippen molar-refractivity contribution in [3.05, 3.63) is 47.0 Å². The largest absolute Gasteiger partial charge is 0.493 e. The van der Waals surface area contributed by atoms with Crippen molar-refractivity contribution < 1.29 is 19.4 Å². The highest BCUT2D eigenvalue weighted by molar-refractivity contribution is 6.33. The predicted molar refractivity (Wildman–Crippen MR) is 76.2 cm³/mol. The summed E-state index contributed by atoms with van der Waals surface area (Å²) in [6.45, 7) is 0.293. The molecule has 1 heterocycles. The van der Waals surface area contributed by atoms with Crippen LogP contribution in [0.5, 0.6) is 11.5 Å². The summed E-state index contributed by atoms with van der Waals surface area (Å²) in [5.41, 5.74) is -0.209. The number of aromatic nitrogens is 2. The number of carboxylic acids is 1. The predicted octanol–water partition coefficient (Wildman–Crippen LogP) is 2.46. The standard InChI is InChI=1S/C14H13ClN2O4/c1-20-10-4-2-3-5-11(10)21-7-6-12-16-8-9(15)13(17-12)14(18)19/h2-5,8H,6-7H2,1H3,(H,18,19). The second kappa shape index (κ2) is 6.90. The number of para-hydroxylation sites is 2. The van der Waals surface area contributed by atoms with Gasteiger partial charge in [0.05, 0.1) is 24.9 Å². The third-order valence-electron chi connectivity index (χ3n) is 2.65. The average molecular weight is 309 g/mol. The van der Waals surface area contributed by atoms with Gasteiger partial charge in [-0.05, 0) is 12.1 Å². The zero-order valence-electron chi connectivity index (χ0n) is 11.2. The van der Waals surface area contributed by atoms with E-state index in [2.05, 4.69) is 9.97 Å². The Bertz CT molecular complexity index is 649. The molecule has 6 nitrogen and oxygen atoms in total. The summed E-state index contributed by atoms with van der Waals surface area (Å²) in [6.07, 6.45) is 1.63. The van der Waals surface area contributed by atoms with E-state index in [0.717, 1.165) is 0 Å². The number of rotatable bonds is 6. The summed E-state index contributed by atoms with van der Waals surface area (Å²) in [7, 11) is 1.56. The first-order valence-corrected chi connectivity index (χ1v) is 6.50. The summed E-state index contributed by atoms with van der Waals surface area (Å²) in [5.74, 6) is 0.397. The molecule has 0 saturated carbocycles. The molecule has 2 rings (SSSR count). The minimum absolute atomic E-state index is 0.0110. The zero-order valence-corrected chi connectivity index (χ0v) is 12.0. The van der Waals surface area contributed by atoms with Crippen molar-refractivity contribution in [1.82, 2.24) is 9.97 Å². The van der Waals surface area contributed by atoms with Crippen molar-refractivity contribution >= 4 is 17.6 Å². The van der Waals surface area contributed by atoms with E-state index in [1.54, 1.807) is 19.2 Å². The van der Waals surface area contributed by atoms with Gasteiger partial charge in [0.1, 0.15) is 5.82 Å². The van der Waals surface area contributed by atoms with Gasteiger partial charge in [0.2, 0.25) is 0 Å². The number of halogens is 1. The summed E-state index contributed by atoms with van der Waals surface area (Å²) in [6, 6.07) is 7.24. The third kappa shape index (κ3) is 3.82. The molecule has 0 aliphatic carbocycles. The number of hydrogen-bond acceptors (Lipinski definition) is 5. The van der Waals surface area contributed by atoms with E-state index >= 15 is 0 Å². The number of nitrogens with zero attached hydrogens (tertiary/aromatic N) is 2. The molecular weight excluding hydrogens is 296 g/mol. The lowest BCUT2D eigenvalue weighted by Crippen LogP contribution is -2.10. The van der Waals surface area contributed by atoms with E-state index in [1.807, 2.05) is 12.1 Å². The number of hydrogen-bond donors (Lipinski definition) is 1. The fraction of sp³-hybridized carbons (Fsp3) is 0.214. The number of methoxy groups -OCH3 is 1. The molecule has 0 atom stereocenters. The molecule has 0 unspecified atom stereocenters. The molecule has 0 aliphatic rings. The highest BCUT2D eigenvalue weighted by Crippen LogP contribution is 2.25. The summed E-state index contributed by atoms with van der Waals surface area (Å²) < 4.78 is 10.7. The number of carboxylic acid groups (broad SMARTS) is 1. The van der Waals surface area contributed by atoms with Gasteiger partial charge in [-0.2, -0.15) is 0 Å². The fourth-order valence-electron chi connectivity index (χ4n) is 1.66. The van der Waals surface area contributed by atoms with E-state index in [-0.39, 0.29) is 10.7 Å². The van der Waals surface area contributed by atoms with Crippen molar-refractivity contribution in [3.8, 4) is 11.5 Å². The van der Waals surface area contributed by atoms with Crippen LogP contribution in [0.4, 0.5) is 0 Å². The van der Waals surface area contributed by atoms with Crippen molar-refractivity contribution in [2.24, 2.45) is 0 Å². The smallest absolute Gasteiger partial charge is 0.356 e. The second-order valence-corrected chi connectivity index (χ2v) is 4.44. The van der Waals surface area contributed by atoms with Crippen LogP contribution in [-0.4, -0.2) is 34.8 Å². The minimum atomic E-state index is -1.19. The summed E-state index contributed by atoms with van der Waals surface area (Å²) in [5, 5.41) is 8.95. The van der Waals surface area contributed by atoms with Gasteiger partial charge in [0.15, 0.2) is 17.2 Å². The van der Waals surface area contributed by atoms with E-state index in [0.29, 0.717) is 30.4 Å². The average Bonchev–Trinajstić information content (AvgIpc) is 2.49. The minimum Gasteiger partial charge on any atom is -0.493 e. The Balaban J connectivity index is 2.00. The van der Waals surface area contributed by atoms with Crippen LogP contribution in [0.2, 0.25) is 5.02 Å². The van der Waals surface area contributed by atoms with Crippen LogP contribution in [0.3, 0.4) is 0 Å². The van der Waals surface area contributed by atoms with Gasteiger partial charge in [0.25, 0.3) is 0 Å². The normalized spacial score (nSPS) is 10.2. The molecule has 0 radical (unpaired) electrons. The van der Waals surface area contributed by atoms with Crippen LogP contribution in [0, 0.1) is 0 Å². The molecular formula is C14H13ClN2O4. The van der Waals surface area contributed by atoms with Crippen LogP contribution < -0.4 is 9.47 Å². The van der Waals surface area contributed by atoms with Gasteiger partial charge < -0.3 is 14.6 Å². The molecule has 21 heavy (non-hydrogen) atoms. The maximum atomic E-state index is 10.9. The van der Waals surface area contributed by atoms with Crippen molar-refractivity contribution in [2.45, 2.75) is 6.42 Å². The second-order valence-electron chi connectivity index (χ2n) is 4.04. The van der Waals surface area contributed by atoms with Crippen LogP contribution in [0.15, 0.2) is 30.5 Å². The Labute approximate surface area is 126 Å². The van der Waals surface area contributed by atoms with Crippen LogP contribution in [-0.2, 0) is 6.42 Å². The van der Waals surface area contributed by atoms with E-state index in [4.69, 9.17) is 26.2 Å². The van der Waals surface area contributed by atoms with Gasteiger partial charge in [-0.3, -0.25) is 0 Å². The van der Waals surface area contributed by atoms with E-state index in [1.165, 1.54) is 6.20 Å². The molecule has 7 heteroatoms. The molecule has 0 fully saturated rings. The number of benzene rings is 1. The molecule has 1 N–H and O–H groups in total. The zero-order chi connectivity index (χ0) is 15.2. The SMILES string of the molecule is COc1ccccc1OCCc1ncc(Cl)c(C(=O)O)n1. The maximum Gasteiger partial charge on any atom is 0.356 e. The van der Waals surface area contributed by atoms with Crippen molar-refractivity contribution in [3.63, 3.8) is 0 Å². The number of aromatic carboxylic acids is 1. The lowest BCUT2D eigenvalue weighted by atomic mass is 10.3. The van der Waals surface area contributed by atoms with Gasteiger partial charge in [-0.15, -0.1) is 0 Å². The Kier molecular flexibility index (Phi) is 4.94. The monoisotopic (exact) mass is 308 g/mol. The maximum absolute atomic E-state index is 10.9. The van der Waals surface area contributed by atoms with Crippen LogP contribution in [0.1, 0.15) is 16.3 Å². The third-order valence-corrected chi connectivity index (χ3v) is 2.93. The molecule has 0 aliphatic heterocycles. The molecule has 0 saturated heterocycles. The highest BCUT2D eigenvalue weighted by atomic mass is 35.5. The molecule has 0 amide bonds. The van der Waals surface area contributed by atoms with Gasteiger partial charge in [0, 0.05) is 6.42 Å². The van der Waals surface area contributed by atoms with E-state index < -0.39 is 5.97 Å². The number of ether oxygens (including phenoxy) is 2. The summed E-state index contributed by atoms with van der Waals surface area (Å²) in [4.78, 5) is 18.8. The quantitative estimate of drug-likeness (QED) is 0.882. The summed E-state index contributed by atoms with van der Waals surface area (Å²) >= 11 is 5.71. The van der Waals surface area contributed by atoms with E-state index in [9.17, 15) is 4.79 Å².